The third-order valence-corrected chi connectivity index (χ3v) is 4.03. The van der Waals surface area contributed by atoms with Crippen LogP contribution in [0.1, 0.15) is 39.5 Å². The molecule has 5 nitrogen and oxygen atoms in total. The SMILES string of the molecule is CCC[C@](CN)(CCCS(C)(=O)=O)C(=O)OCC. The number of sulfone groups is 1. The maximum Gasteiger partial charge on any atom is 0.313 e. The van der Waals surface area contributed by atoms with Crippen molar-refractivity contribution in [1.29, 1.82) is 0 Å². The second kappa shape index (κ2) is 7.74. The molecular weight excluding hydrogens is 254 g/mol. The molecule has 0 amide bonds. The van der Waals surface area contributed by atoms with Gasteiger partial charge >= 0.3 is 5.97 Å². The standard InChI is InChI=1S/C12H25NO4S/c1-4-7-12(10-13,11(14)17-5-2)8-6-9-18(3,15)16/h4-10,13H2,1-3H3/t12-/m1/s1. The number of nitrogens with two attached hydrogens (primary N) is 1. The average molecular weight is 279 g/mol. The van der Waals surface area contributed by atoms with Gasteiger partial charge in [0.25, 0.3) is 0 Å². The predicted molar refractivity (Wildman–Crippen MR) is 72.0 cm³/mol. The van der Waals surface area contributed by atoms with Gasteiger partial charge in [-0.3, -0.25) is 4.79 Å². The molecule has 0 bridgehead atoms. The smallest absolute Gasteiger partial charge is 0.313 e. The number of carbonyl (C=O) groups is 1. The highest BCUT2D eigenvalue weighted by atomic mass is 32.2. The average Bonchev–Trinajstić information content (AvgIpc) is 2.26. The minimum atomic E-state index is -3.00. The maximum absolute atomic E-state index is 12.0. The number of rotatable bonds is 9. The summed E-state index contributed by atoms with van der Waals surface area (Å²) in [4.78, 5) is 12.0. The van der Waals surface area contributed by atoms with E-state index < -0.39 is 15.3 Å². The van der Waals surface area contributed by atoms with Gasteiger partial charge in [0, 0.05) is 18.6 Å². The third kappa shape index (κ3) is 5.82. The fraction of sp³-hybridized carbons (Fsp3) is 0.917. The van der Waals surface area contributed by atoms with E-state index in [9.17, 15) is 13.2 Å². The molecule has 0 saturated carbocycles. The van der Waals surface area contributed by atoms with E-state index in [0.29, 0.717) is 25.9 Å². The molecule has 0 rings (SSSR count). The van der Waals surface area contributed by atoms with Gasteiger partial charge in [-0.25, -0.2) is 8.42 Å². The second-order valence-corrected chi connectivity index (χ2v) is 6.95. The van der Waals surface area contributed by atoms with Gasteiger partial charge in [-0.15, -0.1) is 0 Å². The van der Waals surface area contributed by atoms with Crippen molar-refractivity contribution in [3.05, 3.63) is 0 Å². The molecule has 18 heavy (non-hydrogen) atoms. The number of hydrogen-bond donors (Lipinski definition) is 1. The Morgan fingerprint density at radius 3 is 2.28 bits per heavy atom. The lowest BCUT2D eigenvalue weighted by atomic mass is 9.79. The molecule has 0 heterocycles. The number of ether oxygens (including phenoxy) is 1. The van der Waals surface area contributed by atoms with Gasteiger partial charge in [-0.1, -0.05) is 13.3 Å². The molecule has 1 atom stereocenters. The Labute approximate surface area is 110 Å². The van der Waals surface area contributed by atoms with Crippen LogP contribution in [0, 0.1) is 5.41 Å². The van der Waals surface area contributed by atoms with Gasteiger partial charge < -0.3 is 10.5 Å². The van der Waals surface area contributed by atoms with E-state index in [4.69, 9.17) is 10.5 Å². The van der Waals surface area contributed by atoms with Crippen molar-refractivity contribution in [2.24, 2.45) is 11.1 Å². The molecule has 0 saturated heterocycles. The first-order valence-electron chi connectivity index (χ1n) is 6.36. The van der Waals surface area contributed by atoms with Crippen LogP contribution in [-0.4, -0.2) is 39.5 Å². The quantitative estimate of drug-likeness (QED) is 0.639. The highest BCUT2D eigenvalue weighted by Crippen LogP contribution is 2.30. The molecule has 108 valence electrons. The van der Waals surface area contributed by atoms with Crippen molar-refractivity contribution < 1.29 is 17.9 Å². The zero-order valence-electron chi connectivity index (χ0n) is 11.6. The van der Waals surface area contributed by atoms with E-state index in [2.05, 4.69) is 0 Å². The minimum absolute atomic E-state index is 0.0812. The molecule has 0 aliphatic carbocycles. The lowest BCUT2D eigenvalue weighted by Crippen LogP contribution is -2.40. The van der Waals surface area contributed by atoms with Crippen LogP contribution in [0.25, 0.3) is 0 Å². The second-order valence-electron chi connectivity index (χ2n) is 4.69. The number of esters is 1. The van der Waals surface area contributed by atoms with Crippen LogP contribution in [0.4, 0.5) is 0 Å². The van der Waals surface area contributed by atoms with Crippen molar-refractivity contribution in [2.75, 3.05) is 25.2 Å². The van der Waals surface area contributed by atoms with Gasteiger partial charge in [0.05, 0.1) is 12.0 Å². The topological polar surface area (TPSA) is 86.5 Å². The monoisotopic (exact) mass is 279 g/mol. The Bertz CT molecular complexity index is 353. The number of carbonyl (C=O) groups excluding carboxylic acids is 1. The van der Waals surface area contributed by atoms with Crippen LogP contribution in [-0.2, 0) is 19.4 Å². The van der Waals surface area contributed by atoms with Gasteiger partial charge in [0.15, 0.2) is 0 Å². The Balaban J connectivity index is 4.70. The minimum Gasteiger partial charge on any atom is -0.466 e. The Morgan fingerprint density at radius 1 is 1.28 bits per heavy atom. The highest BCUT2D eigenvalue weighted by Gasteiger charge is 2.37. The Morgan fingerprint density at radius 2 is 1.89 bits per heavy atom. The summed E-state index contributed by atoms with van der Waals surface area (Å²) in [5.41, 5.74) is 5.00. The van der Waals surface area contributed by atoms with Crippen molar-refractivity contribution in [3.8, 4) is 0 Å². The van der Waals surface area contributed by atoms with Gasteiger partial charge in [-0.2, -0.15) is 0 Å². The van der Waals surface area contributed by atoms with Crippen molar-refractivity contribution in [1.82, 2.24) is 0 Å². The number of hydrogen-bond acceptors (Lipinski definition) is 5. The molecule has 0 aromatic carbocycles. The normalized spacial score (nSPS) is 15.1. The van der Waals surface area contributed by atoms with Crippen molar-refractivity contribution >= 4 is 15.8 Å². The summed E-state index contributed by atoms with van der Waals surface area (Å²) in [5.74, 6) is -0.222. The molecule has 0 aliphatic heterocycles. The van der Waals surface area contributed by atoms with E-state index >= 15 is 0 Å². The van der Waals surface area contributed by atoms with E-state index in [1.54, 1.807) is 6.92 Å². The highest BCUT2D eigenvalue weighted by molar-refractivity contribution is 7.90. The summed E-state index contributed by atoms with van der Waals surface area (Å²) in [7, 11) is -3.00. The molecule has 0 spiro atoms. The first-order valence-corrected chi connectivity index (χ1v) is 8.42. The van der Waals surface area contributed by atoms with E-state index in [1.165, 1.54) is 6.26 Å². The van der Waals surface area contributed by atoms with Gasteiger partial charge in [-0.05, 0) is 26.2 Å². The molecular formula is C12H25NO4S. The molecule has 2 N–H and O–H groups in total. The Hall–Kier alpha value is -0.620. The lowest BCUT2D eigenvalue weighted by molar-refractivity contribution is -0.156. The first kappa shape index (κ1) is 17.4. The zero-order valence-corrected chi connectivity index (χ0v) is 12.4. The summed E-state index contributed by atoms with van der Waals surface area (Å²) in [5, 5.41) is 0. The summed E-state index contributed by atoms with van der Waals surface area (Å²) >= 11 is 0. The van der Waals surface area contributed by atoms with Crippen LogP contribution in [0.15, 0.2) is 0 Å². The van der Waals surface area contributed by atoms with Crippen molar-refractivity contribution in [3.63, 3.8) is 0 Å². The molecule has 0 aromatic heterocycles. The largest absolute Gasteiger partial charge is 0.466 e. The zero-order chi connectivity index (χ0) is 14.2. The van der Waals surface area contributed by atoms with Gasteiger partial charge in [0.1, 0.15) is 9.84 Å². The molecule has 0 unspecified atom stereocenters. The fourth-order valence-corrected chi connectivity index (χ4v) is 2.72. The third-order valence-electron chi connectivity index (χ3n) is 3.00. The van der Waals surface area contributed by atoms with E-state index in [1.807, 2.05) is 6.92 Å². The fourth-order valence-electron chi connectivity index (χ4n) is 2.05. The van der Waals surface area contributed by atoms with Crippen LogP contribution in [0.5, 0.6) is 0 Å². The summed E-state index contributed by atoms with van der Waals surface area (Å²) in [6, 6.07) is 0. The lowest BCUT2D eigenvalue weighted by Gasteiger charge is -2.29. The molecule has 0 aromatic rings. The first-order chi connectivity index (χ1) is 8.31. The summed E-state index contributed by atoms with van der Waals surface area (Å²) in [6.45, 7) is 4.24. The molecule has 0 aliphatic rings. The van der Waals surface area contributed by atoms with E-state index in [0.717, 1.165) is 6.42 Å². The van der Waals surface area contributed by atoms with Gasteiger partial charge in [0.2, 0.25) is 0 Å². The predicted octanol–water partition coefficient (Wildman–Crippen LogP) is 1.12. The van der Waals surface area contributed by atoms with Crippen LogP contribution in [0.3, 0.4) is 0 Å². The van der Waals surface area contributed by atoms with Crippen LogP contribution < -0.4 is 5.73 Å². The molecule has 0 radical (unpaired) electrons. The molecule has 0 fully saturated rings. The van der Waals surface area contributed by atoms with Crippen LogP contribution >= 0.6 is 0 Å². The van der Waals surface area contributed by atoms with Crippen LogP contribution in [0.2, 0.25) is 0 Å². The summed E-state index contributed by atoms with van der Waals surface area (Å²) in [6.07, 6.45) is 3.54. The Kier molecular flexibility index (Phi) is 7.47. The molecule has 6 heteroatoms. The van der Waals surface area contributed by atoms with E-state index in [-0.39, 0.29) is 18.3 Å². The van der Waals surface area contributed by atoms with Crippen molar-refractivity contribution in [2.45, 2.75) is 39.5 Å². The maximum atomic E-state index is 12.0. The summed E-state index contributed by atoms with van der Waals surface area (Å²) < 4.78 is 27.3.